The summed E-state index contributed by atoms with van der Waals surface area (Å²) in [6, 6.07) is 9.14. The first-order chi connectivity index (χ1) is 10.0. The van der Waals surface area contributed by atoms with Crippen LogP contribution in [0.25, 0.3) is 10.2 Å². The molecular formula is C14H10F3N3S. The van der Waals surface area contributed by atoms with Crippen molar-refractivity contribution in [2.75, 3.05) is 5.32 Å². The van der Waals surface area contributed by atoms with Crippen molar-refractivity contribution in [3.05, 3.63) is 53.9 Å². The van der Waals surface area contributed by atoms with Crippen molar-refractivity contribution in [3.63, 3.8) is 0 Å². The van der Waals surface area contributed by atoms with Gasteiger partial charge in [-0.1, -0.05) is 17.4 Å². The maximum absolute atomic E-state index is 12.6. The van der Waals surface area contributed by atoms with Gasteiger partial charge >= 0.3 is 6.18 Å². The topological polar surface area (TPSA) is 37.8 Å². The molecule has 0 atom stereocenters. The Balaban J connectivity index is 1.81. The quantitative estimate of drug-likeness (QED) is 0.783. The second-order valence-corrected chi connectivity index (χ2v) is 5.40. The number of hydrogen-bond donors (Lipinski definition) is 1. The molecule has 0 unspecified atom stereocenters. The molecule has 3 nitrogen and oxygen atoms in total. The molecule has 0 bridgehead atoms. The molecule has 108 valence electrons. The number of thiazole rings is 1. The van der Waals surface area contributed by atoms with Crippen molar-refractivity contribution in [1.82, 2.24) is 9.97 Å². The van der Waals surface area contributed by atoms with Crippen molar-refractivity contribution < 1.29 is 13.2 Å². The molecule has 0 aliphatic carbocycles. The van der Waals surface area contributed by atoms with E-state index in [4.69, 9.17) is 0 Å². The number of nitrogens with one attached hydrogen (secondary N) is 1. The van der Waals surface area contributed by atoms with E-state index in [0.717, 1.165) is 17.8 Å². The Bertz CT molecular complexity index is 753. The first-order valence-electron chi connectivity index (χ1n) is 6.14. The number of hydrogen-bond acceptors (Lipinski definition) is 4. The Kier molecular flexibility index (Phi) is 3.50. The van der Waals surface area contributed by atoms with Crippen molar-refractivity contribution >= 4 is 26.7 Å². The van der Waals surface area contributed by atoms with Gasteiger partial charge in [0.05, 0.1) is 28.0 Å². The maximum atomic E-state index is 12.6. The van der Waals surface area contributed by atoms with Crippen molar-refractivity contribution in [1.29, 1.82) is 0 Å². The fourth-order valence-electron chi connectivity index (χ4n) is 1.85. The van der Waals surface area contributed by atoms with Gasteiger partial charge in [0.15, 0.2) is 5.13 Å². The van der Waals surface area contributed by atoms with Crippen LogP contribution in [0.1, 0.15) is 11.3 Å². The van der Waals surface area contributed by atoms with Gasteiger partial charge in [-0.2, -0.15) is 13.2 Å². The third kappa shape index (κ3) is 3.13. The molecule has 0 aliphatic heterocycles. The van der Waals surface area contributed by atoms with Crippen LogP contribution in [0.4, 0.5) is 18.3 Å². The Morgan fingerprint density at radius 1 is 1.14 bits per heavy atom. The molecule has 3 aromatic rings. The fourth-order valence-corrected chi connectivity index (χ4v) is 2.69. The summed E-state index contributed by atoms with van der Waals surface area (Å²) in [6.07, 6.45) is -2.66. The molecule has 0 spiro atoms. The summed E-state index contributed by atoms with van der Waals surface area (Å²) < 4.78 is 38.6. The minimum atomic E-state index is -4.35. The summed E-state index contributed by atoms with van der Waals surface area (Å²) in [5.41, 5.74) is 0.502. The number of pyridine rings is 1. The number of rotatable bonds is 3. The van der Waals surface area contributed by atoms with Gasteiger partial charge in [-0.15, -0.1) is 0 Å². The lowest BCUT2D eigenvalue weighted by Gasteiger charge is -2.04. The lowest BCUT2D eigenvalue weighted by Crippen LogP contribution is -2.04. The van der Waals surface area contributed by atoms with E-state index in [2.05, 4.69) is 15.3 Å². The molecule has 1 N–H and O–H groups in total. The zero-order valence-corrected chi connectivity index (χ0v) is 11.5. The predicted octanol–water partition coefficient (Wildman–Crippen LogP) is 4.32. The number of halogens is 3. The highest BCUT2D eigenvalue weighted by Gasteiger charge is 2.30. The Morgan fingerprint density at radius 3 is 2.71 bits per heavy atom. The zero-order valence-electron chi connectivity index (χ0n) is 10.7. The second-order valence-electron chi connectivity index (χ2n) is 4.37. The summed E-state index contributed by atoms with van der Waals surface area (Å²) in [6.45, 7) is 0.479. The van der Waals surface area contributed by atoms with Crippen LogP contribution in [-0.4, -0.2) is 9.97 Å². The van der Waals surface area contributed by atoms with Gasteiger partial charge in [0.1, 0.15) is 0 Å². The van der Waals surface area contributed by atoms with E-state index in [1.165, 1.54) is 17.4 Å². The van der Waals surface area contributed by atoms with Crippen molar-refractivity contribution in [2.24, 2.45) is 0 Å². The Morgan fingerprint density at radius 2 is 2.00 bits per heavy atom. The van der Waals surface area contributed by atoms with E-state index in [-0.39, 0.29) is 0 Å². The molecule has 0 aliphatic rings. The van der Waals surface area contributed by atoms with Crippen LogP contribution in [0.15, 0.2) is 42.6 Å². The van der Waals surface area contributed by atoms with Gasteiger partial charge in [0, 0.05) is 6.20 Å². The van der Waals surface area contributed by atoms with Crippen molar-refractivity contribution in [2.45, 2.75) is 12.7 Å². The largest absolute Gasteiger partial charge is 0.416 e. The summed E-state index contributed by atoms with van der Waals surface area (Å²) >= 11 is 1.32. The molecule has 0 fully saturated rings. The Hall–Kier alpha value is -2.15. The Labute approximate surface area is 122 Å². The first-order valence-corrected chi connectivity index (χ1v) is 6.95. The van der Waals surface area contributed by atoms with Gasteiger partial charge in [-0.3, -0.25) is 4.98 Å². The summed E-state index contributed by atoms with van der Waals surface area (Å²) in [5, 5.41) is 3.65. The zero-order chi connectivity index (χ0) is 14.9. The van der Waals surface area contributed by atoms with Gasteiger partial charge in [0.2, 0.25) is 0 Å². The lowest BCUT2D eigenvalue weighted by atomic mass is 10.2. The summed E-state index contributed by atoms with van der Waals surface area (Å²) in [5.74, 6) is 0. The van der Waals surface area contributed by atoms with Crippen LogP contribution >= 0.6 is 11.3 Å². The van der Waals surface area contributed by atoms with Gasteiger partial charge in [-0.25, -0.2) is 4.98 Å². The average molecular weight is 309 g/mol. The maximum Gasteiger partial charge on any atom is 0.416 e. The molecule has 0 saturated heterocycles. The first kappa shape index (κ1) is 13.8. The standard InChI is InChI=1S/C14H10F3N3S/c15-14(16,17)9-4-5-12-11(7-9)20-13(21-12)19-8-10-3-1-2-6-18-10/h1-7H,8H2,(H,19,20). The number of nitrogens with zero attached hydrogens (tertiary/aromatic N) is 2. The van der Waals surface area contributed by atoms with Crippen LogP contribution in [0.2, 0.25) is 0 Å². The molecule has 1 aromatic carbocycles. The van der Waals surface area contributed by atoms with Crippen LogP contribution in [0.5, 0.6) is 0 Å². The van der Waals surface area contributed by atoms with E-state index >= 15 is 0 Å². The van der Waals surface area contributed by atoms with Crippen LogP contribution in [0, 0.1) is 0 Å². The van der Waals surface area contributed by atoms with E-state index < -0.39 is 11.7 Å². The molecule has 3 rings (SSSR count). The lowest BCUT2D eigenvalue weighted by molar-refractivity contribution is -0.137. The monoisotopic (exact) mass is 309 g/mol. The number of benzene rings is 1. The molecule has 2 heterocycles. The number of anilines is 1. The van der Waals surface area contributed by atoms with Gasteiger partial charge < -0.3 is 5.32 Å². The van der Waals surface area contributed by atoms with Crippen LogP contribution in [-0.2, 0) is 12.7 Å². The third-order valence-corrected chi connectivity index (χ3v) is 3.86. The molecule has 0 saturated carbocycles. The van der Waals surface area contributed by atoms with Crippen molar-refractivity contribution in [3.8, 4) is 0 Å². The van der Waals surface area contributed by atoms with Gasteiger partial charge in [-0.05, 0) is 30.3 Å². The number of fused-ring (bicyclic) bond motifs is 1. The van der Waals surface area contributed by atoms with Crippen LogP contribution in [0.3, 0.4) is 0 Å². The minimum absolute atomic E-state index is 0.346. The fraction of sp³-hybridized carbons (Fsp3) is 0.143. The van der Waals surface area contributed by atoms with E-state index in [0.29, 0.717) is 21.9 Å². The highest BCUT2D eigenvalue weighted by Crippen LogP contribution is 2.33. The van der Waals surface area contributed by atoms with Crippen LogP contribution < -0.4 is 5.32 Å². The molecule has 2 aromatic heterocycles. The SMILES string of the molecule is FC(F)(F)c1ccc2sc(NCc3ccccn3)nc2c1. The molecule has 0 radical (unpaired) electrons. The number of alkyl halides is 3. The number of aromatic nitrogens is 2. The van der Waals surface area contributed by atoms with E-state index in [1.54, 1.807) is 6.20 Å². The average Bonchev–Trinajstić information content (AvgIpc) is 2.87. The predicted molar refractivity (Wildman–Crippen MR) is 76.2 cm³/mol. The highest BCUT2D eigenvalue weighted by molar-refractivity contribution is 7.22. The normalized spacial score (nSPS) is 11.8. The van der Waals surface area contributed by atoms with E-state index in [9.17, 15) is 13.2 Å². The van der Waals surface area contributed by atoms with Gasteiger partial charge in [0.25, 0.3) is 0 Å². The smallest absolute Gasteiger partial charge is 0.356 e. The summed E-state index contributed by atoms with van der Waals surface area (Å²) in [4.78, 5) is 8.34. The summed E-state index contributed by atoms with van der Waals surface area (Å²) in [7, 11) is 0. The second kappa shape index (κ2) is 5.33. The minimum Gasteiger partial charge on any atom is -0.356 e. The third-order valence-electron chi connectivity index (χ3n) is 2.86. The molecule has 21 heavy (non-hydrogen) atoms. The molecular weight excluding hydrogens is 299 g/mol. The highest BCUT2D eigenvalue weighted by atomic mass is 32.1. The molecule has 7 heteroatoms. The molecule has 0 amide bonds. The van der Waals surface area contributed by atoms with E-state index in [1.807, 2.05) is 18.2 Å².